The van der Waals surface area contributed by atoms with Crippen LogP contribution in [0.3, 0.4) is 0 Å². The highest BCUT2D eigenvalue weighted by Crippen LogP contribution is 2.38. The van der Waals surface area contributed by atoms with Crippen molar-refractivity contribution in [1.82, 2.24) is 4.90 Å². The SMILES string of the molecule is NCC1(C(=O)N2CCOc3ccccc3C2)CCCCC1. The van der Waals surface area contributed by atoms with Gasteiger partial charge in [0, 0.05) is 18.7 Å². The van der Waals surface area contributed by atoms with Crippen LogP contribution in [0.4, 0.5) is 0 Å². The van der Waals surface area contributed by atoms with Gasteiger partial charge in [-0.05, 0) is 18.9 Å². The van der Waals surface area contributed by atoms with Crippen LogP contribution in [-0.2, 0) is 11.3 Å². The summed E-state index contributed by atoms with van der Waals surface area (Å²) in [6.45, 7) is 2.31. The largest absolute Gasteiger partial charge is 0.491 e. The quantitative estimate of drug-likeness (QED) is 0.908. The number of rotatable bonds is 2. The number of amides is 1. The molecular weight excluding hydrogens is 264 g/mol. The number of nitrogens with zero attached hydrogens (tertiary/aromatic N) is 1. The second-order valence-corrected chi connectivity index (χ2v) is 6.23. The molecule has 1 fully saturated rings. The minimum atomic E-state index is -0.336. The third-order valence-electron chi connectivity index (χ3n) is 4.89. The number of nitrogens with two attached hydrogens (primary N) is 1. The molecular formula is C17H24N2O2. The maximum absolute atomic E-state index is 13.1. The van der Waals surface area contributed by atoms with Crippen molar-refractivity contribution < 1.29 is 9.53 Å². The average molecular weight is 288 g/mol. The molecule has 4 heteroatoms. The smallest absolute Gasteiger partial charge is 0.230 e. The average Bonchev–Trinajstić information content (AvgIpc) is 2.77. The minimum Gasteiger partial charge on any atom is -0.491 e. The van der Waals surface area contributed by atoms with Gasteiger partial charge in [0.25, 0.3) is 0 Å². The predicted octanol–water partition coefficient (Wildman–Crippen LogP) is 2.32. The third kappa shape index (κ3) is 2.77. The molecule has 1 aromatic rings. The van der Waals surface area contributed by atoms with Crippen LogP contribution in [-0.4, -0.2) is 30.5 Å². The van der Waals surface area contributed by atoms with E-state index in [0.29, 0.717) is 26.2 Å². The Kier molecular flexibility index (Phi) is 4.15. The van der Waals surface area contributed by atoms with Gasteiger partial charge in [0.15, 0.2) is 0 Å². The zero-order valence-electron chi connectivity index (χ0n) is 12.5. The number of benzene rings is 1. The van der Waals surface area contributed by atoms with E-state index in [1.54, 1.807) is 0 Å². The number of hydrogen-bond donors (Lipinski definition) is 1. The zero-order valence-corrected chi connectivity index (χ0v) is 12.5. The molecule has 0 radical (unpaired) electrons. The maximum Gasteiger partial charge on any atom is 0.230 e. The van der Waals surface area contributed by atoms with Crippen molar-refractivity contribution in [2.24, 2.45) is 11.1 Å². The Morgan fingerprint density at radius 1 is 1.24 bits per heavy atom. The summed E-state index contributed by atoms with van der Waals surface area (Å²) >= 11 is 0. The van der Waals surface area contributed by atoms with Crippen LogP contribution >= 0.6 is 0 Å². The Balaban J connectivity index is 1.81. The van der Waals surface area contributed by atoms with E-state index in [4.69, 9.17) is 10.5 Å². The summed E-state index contributed by atoms with van der Waals surface area (Å²) in [7, 11) is 0. The van der Waals surface area contributed by atoms with Gasteiger partial charge in [-0.25, -0.2) is 0 Å². The standard InChI is InChI=1S/C17H24N2O2/c18-13-17(8-4-1-5-9-17)16(20)19-10-11-21-15-7-3-2-6-14(15)12-19/h2-3,6-7H,1,4-5,8-13,18H2. The highest BCUT2D eigenvalue weighted by molar-refractivity contribution is 5.83. The Labute approximate surface area is 126 Å². The van der Waals surface area contributed by atoms with Crippen molar-refractivity contribution in [3.63, 3.8) is 0 Å². The van der Waals surface area contributed by atoms with Crippen LogP contribution in [0.25, 0.3) is 0 Å². The molecule has 0 spiro atoms. The molecule has 21 heavy (non-hydrogen) atoms. The van der Waals surface area contributed by atoms with Crippen molar-refractivity contribution in [3.8, 4) is 5.75 Å². The van der Waals surface area contributed by atoms with Gasteiger partial charge in [0.05, 0.1) is 12.0 Å². The van der Waals surface area contributed by atoms with Gasteiger partial charge >= 0.3 is 0 Å². The second-order valence-electron chi connectivity index (χ2n) is 6.23. The molecule has 0 bridgehead atoms. The van der Waals surface area contributed by atoms with Crippen LogP contribution < -0.4 is 10.5 Å². The first-order valence-electron chi connectivity index (χ1n) is 7.95. The fraction of sp³-hybridized carbons (Fsp3) is 0.588. The van der Waals surface area contributed by atoms with Crippen LogP contribution in [0, 0.1) is 5.41 Å². The van der Waals surface area contributed by atoms with Gasteiger partial charge in [-0.3, -0.25) is 4.79 Å². The minimum absolute atomic E-state index is 0.227. The van der Waals surface area contributed by atoms with Crippen molar-refractivity contribution >= 4 is 5.91 Å². The highest BCUT2D eigenvalue weighted by atomic mass is 16.5. The number of carbonyl (C=O) groups is 1. The number of hydrogen-bond acceptors (Lipinski definition) is 3. The van der Waals surface area contributed by atoms with E-state index in [0.717, 1.165) is 37.0 Å². The molecule has 1 heterocycles. The molecule has 2 aliphatic rings. The zero-order chi connectivity index (χ0) is 14.7. The summed E-state index contributed by atoms with van der Waals surface area (Å²) in [5.74, 6) is 1.13. The van der Waals surface area contributed by atoms with Crippen LogP contribution in [0.15, 0.2) is 24.3 Å². The number of para-hydroxylation sites is 1. The van der Waals surface area contributed by atoms with Crippen LogP contribution in [0.1, 0.15) is 37.7 Å². The second kappa shape index (κ2) is 6.06. The summed E-state index contributed by atoms with van der Waals surface area (Å²) in [5, 5.41) is 0. The van der Waals surface area contributed by atoms with Crippen molar-refractivity contribution in [2.45, 2.75) is 38.6 Å². The predicted molar refractivity (Wildman–Crippen MR) is 81.9 cm³/mol. The van der Waals surface area contributed by atoms with E-state index >= 15 is 0 Å². The Morgan fingerprint density at radius 2 is 2.00 bits per heavy atom. The first-order valence-corrected chi connectivity index (χ1v) is 7.95. The number of carbonyl (C=O) groups excluding carboxylic acids is 1. The van der Waals surface area contributed by atoms with Crippen LogP contribution in [0.2, 0.25) is 0 Å². The number of fused-ring (bicyclic) bond motifs is 1. The lowest BCUT2D eigenvalue weighted by atomic mass is 9.73. The summed E-state index contributed by atoms with van der Waals surface area (Å²) in [5.41, 5.74) is 6.75. The first kappa shape index (κ1) is 14.4. The monoisotopic (exact) mass is 288 g/mol. The highest BCUT2D eigenvalue weighted by Gasteiger charge is 2.41. The molecule has 3 rings (SSSR count). The summed E-state index contributed by atoms with van der Waals surface area (Å²) in [4.78, 5) is 15.0. The normalized spacial score (nSPS) is 21.1. The molecule has 114 valence electrons. The molecule has 1 aliphatic heterocycles. The van der Waals surface area contributed by atoms with E-state index in [-0.39, 0.29) is 11.3 Å². The maximum atomic E-state index is 13.1. The molecule has 0 saturated heterocycles. The van der Waals surface area contributed by atoms with E-state index < -0.39 is 0 Å². The lowest BCUT2D eigenvalue weighted by molar-refractivity contribution is -0.144. The van der Waals surface area contributed by atoms with Crippen molar-refractivity contribution in [3.05, 3.63) is 29.8 Å². The van der Waals surface area contributed by atoms with E-state index in [1.807, 2.05) is 29.2 Å². The molecule has 0 unspecified atom stereocenters. The summed E-state index contributed by atoms with van der Waals surface area (Å²) < 4.78 is 5.76. The lowest BCUT2D eigenvalue weighted by Crippen LogP contribution is -2.49. The molecule has 1 saturated carbocycles. The van der Waals surface area contributed by atoms with Gasteiger partial charge in [-0.1, -0.05) is 37.5 Å². The molecule has 4 nitrogen and oxygen atoms in total. The Hall–Kier alpha value is -1.55. The van der Waals surface area contributed by atoms with Gasteiger partial charge in [-0.2, -0.15) is 0 Å². The van der Waals surface area contributed by atoms with Gasteiger partial charge in [-0.15, -0.1) is 0 Å². The lowest BCUT2D eigenvalue weighted by Gasteiger charge is -2.38. The van der Waals surface area contributed by atoms with E-state index in [9.17, 15) is 4.79 Å². The van der Waals surface area contributed by atoms with E-state index in [2.05, 4.69) is 0 Å². The van der Waals surface area contributed by atoms with E-state index in [1.165, 1.54) is 6.42 Å². The Morgan fingerprint density at radius 3 is 2.76 bits per heavy atom. The number of ether oxygens (including phenoxy) is 1. The summed E-state index contributed by atoms with van der Waals surface area (Å²) in [6.07, 6.45) is 5.32. The third-order valence-corrected chi connectivity index (χ3v) is 4.89. The molecule has 2 N–H and O–H groups in total. The summed E-state index contributed by atoms with van der Waals surface area (Å²) in [6, 6.07) is 7.98. The molecule has 1 aliphatic carbocycles. The van der Waals surface area contributed by atoms with Crippen LogP contribution in [0.5, 0.6) is 5.75 Å². The molecule has 0 aromatic heterocycles. The topological polar surface area (TPSA) is 55.6 Å². The van der Waals surface area contributed by atoms with Crippen molar-refractivity contribution in [2.75, 3.05) is 19.7 Å². The van der Waals surface area contributed by atoms with Gasteiger partial charge in [0.2, 0.25) is 5.91 Å². The van der Waals surface area contributed by atoms with Gasteiger partial charge < -0.3 is 15.4 Å². The molecule has 1 amide bonds. The fourth-order valence-corrected chi connectivity index (χ4v) is 3.57. The molecule has 1 aromatic carbocycles. The Bertz CT molecular complexity index is 509. The molecule has 0 atom stereocenters. The first-order chi connectivity index (χ1) is 10.2. The van der Waals surface area contributed by atoms with Gasteiger partial charge in [0.1, 0.15) is 12.4 Å². The van der Waals surface area contributed by atoms with Crippen molar-refractivity contribution in [1.29, 1.82) is 0 Å². The fourth-order valence-electron chi connectivity index (χ4n) is 3.57.